The number of hydrogen-bond donors (Lipinski definition) is 1. The Morgan fingerprint density at radius 1 is 1.00 bits per heavy atom. The first kappa shape index (κ1) is 19.4. The van der Waals surface area contributed by atoms with Crippen molar-refractivity contribution in [3.63, 3.8) is 0 Å². The molecule has 0 unspecified atom stereocenters. The zero-order chi connectivity index (χ0) is 21.2. The summed E-state index contributed by atoms with van der Waals surface area (Å²) in [7, 11) is 0. The first-order chi connectivity index (χ1) is 15.2. The van der Waals surface area contributed by atoms with Crippen molar-refractivity contribution in [1.82, 2.24) is 4.98 Å². The number of carboxylic acids is 1. The molecule has 31 heavy (non-hydrogen) atoms. The molecule has 4 aromatic rings. The third kappa shape index (κ3) is 3.92. The minimum Gasteiger partial charge on any atom is -0.488 e. The number of aromatic carboxylic acids is 1. The fraction of sp³-hybridized carbons (Fsp3) is 0.0769. The summed E-state index contributed by atoms with van der Waals surface area (Å²) in [4.78, 5) is 16.3. The van der Waals surface area contributed by atoms with Gasteiger partial charge in [0.25, 0.3) is 0 Å². The second-order valence-electron chi connectivity index (χ2n) is 7.23. The molecular weight excluding hydrogens is 406 g/mol. The summed E-state index contributed by atoms with van der Waals surface area (Å²) in [6.45, 7) is 0.451. The van der Waals surface area contributed by atoms with Crippen LogP contribution >= 0.6 is 11.8 Å². The van der Waals surface area contributed by atoms with E-state index in [1.165, 1.54) is 0 Å². The molecule has 0 amide bonds. The van der Waals surface area contributed by atoms with Gasteiger partial charge < -0.3 is 9.84 Å². The third-order valence-corrected chi connectivity index (χ3v) is 6.16. The van der Waals surface area contributed by atoms with E-state index in [0.717, 1.165) is 38.2 Å². The number of carboxylic acid groups (broad SMARTS) is 1. The molecule has 0 saturated carbocycles. The Bertz CT molecular complexity index is 1330. The van der Waals surface area contributed by atoms with Gasteiger partial charge in [0, 0.05) is 16.7 Å². The van der Waals surface area contributed by atoms with Crippen LogP contribution in [0.25, 0.3) is 16.5 Å². The molecule has 5 heteroatoms. The molecule has 0 aliphatic carbocycles. The summed E-state index contributed by atoms with van der Waals surface area (Å²) < 4.78 is 6.00. The van der Waals surface area contributed by atoms with Gasteiger partial charge in [-0.25, -0.2) is 9.78 Å². The van der Waals surface area contributed by atoms with E-state index in [9.17, 15) is 9.90 Å². The summed E-state index contributed by atoms with van der Waals surface area (Å²) in [5.74, 6) is 0.446. The molecule has 2 heterocycles. The number of nitrogens with zero attached hydrogens (tertiary/aromatic N) is 1. The molecule has 3 aromatic carbocycles. The predicted octanol–water partition coefficient (Wildman–Crippen LogP) is 6.05. The highest BCUT2D eigenvalue weighted by Gasteiger charge is 2.20. The Morgan fingerprint density at radius 3 is 2.74 bits per heavy atom. The molecule has 0 saturated heterocycles. The van der Waals surface area contributed by atoms with Crippen molar-refractivity contribution in [3.05, 3.63) is 107 Å². The number of rotatable bonds is 4. The highest BCUT2D eigenvalue weighted by Crippen LogP contribution is 2.38. The number of hydrogen-bond acceptors (Lipinski definition) is 4. The minimum absolute atomic E-state index is 0.247. The summed E-state index contributed by atoms with van der Waals surface area (Å²) in [5.41, 5.74) is 5.16. The Labute approximate surface area is 184 Å². The van der Waals surface area contributed by atoms with Crippen LogP contribution in [0.3, 0.4) is 0 Å². The topological polar surface area (TPSA) is 59.4 Å². The second-order valence-corrected chi connectivity index (χ2v) is 8.27. The average molecular weight is 426 g/mol. The van der Waals surface area contributed by atoms with E-state index in [2.05, 4.69) is 24.3 Å². The standard InChI is InChI=1S/C26H19NO3S/c28-26(29)18-9-11-24-22(15-18)21(20-7-3-1-6-19(20)16-30-24)13-14-31-25-12-10-17-5-2-4-8-23(17)27-25/h1-13,15H,14,16H2,(H,28,29)/b21-13+. The summed E-state index contributed by atoms with van der Waals surface area (Å²) in [6, 6.07) is 25.3. The maximum absolute atomic E-state index is 11.6. The van der Waals surface area contributed by atoms with Crippen molar-refractivity contribution >= 4 is 34.2 Å². The molecular formula is C26H19NO3S. The van der Waals surface area contributed by atoms with E-state index in [4.69, 9.17) is 9.72 Å². The van der Waals surface area contributed by atoms with E-state index in [1.54, 1.807) is 30.0 Å². The molecule has 1 aliphatic heterocycles. The van der Waals surface area contributed by atoms with Crippen LogP contribution in [0, 0.1) is 0 Å². The van der Waals surface area contributed by atoms with Crippen molar-refractivity contribution in [3.8, 4) is 5.75 Å². The lowest BCUT2D eigenvalue weighted by Crippen LogP contribution is -1.99. The smallest absolute Gasteiger partial charge is 0.335 e. The van der Waals surface area contributed by atoms with E-state index in [-0.39, 0.29) is 5.56 Å². The normalized spacial score (nSPS) is 13.9. The van der Waals surface area contributed by atoms with Gasteiger partial charge in [0.15, 0.2) is 0 Å². The van der Waals surface area contributed by atoms with E-state index in [0.29, 0.717) is 18.1 Å². The van der Waals surface area contributed by atoms with Crippen LogP contribution in [0.5, 0.6) is 5.75 Å². The summed E-state index contributed by atoms with van der Waals surface area (Å²) in [6.07, 6.45) is 2.14. The van der Waals surface area contributed by atoms with Crippen LogP contribution in [0.1, 0.15) is 27.0 Å². The molecule has 152 valence electrons. The first-order valence-electron chi connectivity index (χ1n) is 9.96. The maximum Gasteiger partial charge on any atom is 0.335 e. The van der Waals surface area contributed by atoms with Gasteiger partial charge in [-0.2, -0.15) is 0 Å². The number of para-hydroxylation sites is 1. The van der Waals surface area contributed by atoms with Gasteiger partial charge in [-0.05, 0) is 47.0 Å². The first-order valence-corrected chi connectivity index (χ1v) is 11.0. The molecule has 0 atom stereocenters. The molecule has 1 aromatic heterocycles. The van der Waals surface area contributed by atoms with Crippen molar-refractivity contribution in [2.24, 2.45) is 0 Å². The van der Waals surface area contributed by atoms with Crippen LogP contribution in [0.4, 0.5) is 0 Å². The lowest BCUT2D eigenvalue weighted by atomic mass is 9.93. The average Bonchev–Trinajstić information content (AvgIpc) is 2.96. The van der Waals surface area contributed by atoms with Crippen LogP contribution in [-0.4, -0.2) is 21.8 Å². The van der Waals surface area contributed by atoms with E-state index in [1.807, 2.05) is 42.5 Å². The molecule has 0 bridgehead atoms. The highest BCUT2D eigenvalue weighted by molar-refractivity contribution is 7.99. The number of pyridine rings is 1. The largest absolute Gasteiger partial charge is 0.488 e. The van der Waals surface area contributed by atoms with Gasteiger partial charge in [-0.15, -0.1) is 11.8 Å². The SMILES string of the molecule is O=C(O)c1ccc2c(c1)/C(=C/CSc1ccc3ccccc3n1)c1ccccc1CO2. The monoisotopic (exact) mass is 425 g/mol. The maximum atomic E-state index is 11.6. The lowest BCUT2D eigenvalue weighted by molar-refractivity contribution is 0.0697. The molecule has 0 spiro atoms. The number of fused-ring (bicyclic) bond motifs is 3. The predicted molar refractivity (Wildman–Crippen MR) is 124 cm³/mol. The molecule has 1 N–H and O–H groups in total. The molecule has 0 radical (unpaired) electrons. The van der Waals surface area contributed by atoms with Gasteiger partial charge in [0.1, 0.15) is 12.4 Å². The molecule has 4 nitrogen and oxygen atoms in total. The molecule has 5 rings (SSSR count). The minimum atomic E-state index is -0.950. The van der Waals surface area contributed by atoms with Gasteiger partial charge in [0.05, 0.1) is 16.1 Å². The van der Waals surface area contributed by atoms with Crippen molar-refractivity contribution in [1.29, 1.82) is 0 Å². The Hall–Kier alpha value is -3.57. The quantitative estimate of drug-likeness (QED) is 0.403. The molecule has 1 aliphatic rings. The number of carbonyl (C=O) groups is 1. The van der Waals surface area contributed by atoms with Gasteiger partial charge in [-0.1, -0.05) is 54.6 Å². The Morgan fingerprint density at radius 2 is 1.84 bits per heavy atom. The fourth-order valence-corrected chi connectivity index (χ4v) is 4.51. The van der Waals surface area contributed by atoms with Gasteiger partial charge in [0.2, 0.25) is 0 Å². The second kappa shape index (κ2) is 8.28. The van der Waals surface area contributed by atoms with E-state index < -0.39 is 5.97 Å². The zero-order valence-corrected chi connectivity index (χ0v) is 17.4. The van der Waals surface area contributed by atoms with Crippen LogP contribution in [0.15, 0.2) is 90.0 Å². The number of benzene rings is 3. The summed E-state index contributed by atoms with van der Waals surface area (Å²) >= 11 is 1.65. The number of thioether (sulfide) groups is 1. The van der Waals surface area contributed by atoms with Crippen molar-refractivity contribution in [2.45, 2.75) is 11.6 Å². The van der Waals surface area contributed by atoms with Crippen LogP contribution < -0.4 is 4.74 Å². The fourth-order valence-electron chi connectivity index (χ4n) is 3.77. The Balaban J connectivity index is 1.52. The van der Waals surface area contributed by atoms with Gasteiger partial charge >= 0.3 is 5.97 Å². The van der Waals surface area contributed by atoms with Crippen molar-refractivity contribution < 1.29 is 14.6 Å². The van der Waals surface area contributed by atoms with Crippen LogP contribution in [0.2, 0.25) is 0 Å². The third-order valence-electron chi connectivity index (χ3n) is 5.30. The van der Waals surface area contributed by atoms with E-state index >= 15 is 0 Å². The summed E-state index contributed by atoms with van der Waals surface area (Å²) in [5, 5.41) is 11.5. The lowest BCUT2D eigenvalue weighted by Gasteiger charge is -2.11. The van der Waals surface area contributed by atoms with Gasteiger partial charge in [-0.3, -0.25) is 0 Å². The number of ether oxygens (including phenoxy) is 1. The number of aromatic nitrogens is 1. The zero-order valence-electron chi connectivity index (χ0n) is 16.6. The Kier molecular flexibility index (Phi) is 5.18. The highest BCUT2D eigenvalue weighted by atomic mass is 32.2. The molecule has 0 fully saturated rings. The van der Waals surface area contributed by atoms with Crippen LogP contribution in [-0.2, 0) is 6.61 Å². The van der Waals surface area contributed by atoms with Crippen molar-refractivity contribution in [2.75, 3.05) is 5.75 Å².